The maximum atomic E-state index is 5.64. The van der Waals surface area contributed by atoms with Crippen molar-refractivity contribution in [1.82, 2.24) is 5.32 Å². The normalized spacial score (nSPS) is 22.5. The van der Waals surface area contributed by atoms with Gasteiger partial charge in [0.1, 0.15) is 0 Å². The summed E-state index contributed by atoms with van der Waals surface area (Å²) in [5.41, 5.74) is 10.6. The molecule has 2 unspecified atom stereocenters. The van der Waals surface area contributed by atoms with Gasteiger partial charge in [0.15, 0.2) is 0 Å². The first-order valence-corrected chi connectivity index (χ1v) is 9.04. The van der Waals surface area contributed by atoms with Gasteiger partial charge in [-0.1, -0.05) is 55.7 Å². The van der Waals surface area contributed by atoms with E-state index in [1.807, 2.05) is 32.1 Å². The van der Waals surface area contributed by atoms with E-state index >= 15 is 0 Å². The first-order chi connectivity index (χ1) is 12.3. The molecule has 3 N–H and O–H groups in total. The summed E-state index contributed by atoms with van der Waals surface area (Å²) in [4.78, 5) is 4.37. The summed E-state index contributed by atoms with van der Waals surface area (Å²) >= 11 is 0. The lowest BCUT2D eigenvalue weighted by Gasteiger charge is -2.17. The van der Waals surface area contributed by atoms with Crippen molar-refractivity contribution in [1.29, 1.82) is 0 Å². The molecule has 0 amide bonds. The van der Waals surface area contributed by atoms with Crippen molar-refractivity contribution >= 4 is 5.71 Å². The lowest BCUT2D eigenvalue weighted by atomic mass is 10.1. The largest absolute Gasteiger partial charge is 0.401 e. The van der Waals surface area contributed by atoms with Gasteiger partial charge in [-0.05, 0) is 51.7 Å². The molecular formula is C23H33N3. The zero-order chi connectivity index (χ0) is 19.7. The summed E-state index contributed by atoms with van der Waals surface area (Å²) in [6, 6.07) is 0.0465. The Bertz CT molecular complexity index is 682. The average Bonchev–Trinajstić information content (AvgIpc) is 3.36. The van der Waals surface area contributed by atoms with Crippen molar-refractivity contribution < 1.29 is 0 Å². The molecule has 1 saturated carbocycles. The fourth-order valence-electron chi connectivity index (χ4n) is 2.78. The van der Waals surface area contributed by atoms with Gasteiger partial charge >= 0.3 is 0 Å². The minimum Gasteiger partial charge on any atom is -0.401 e. The van der Waals surface area contributed by atoms with Crippen LogP contribution < -0.4 is 11.1 Å². The van der Waals surface area contributed by atoms with E-state index in [4.69, 9.17) is 5.73 Å². The third-order valence-electron chi connectivity index (χ3n) is 4.34. The first-order valence-electron chi connectivity index (χ1n) is 9.04. The Balaban J connectivity index is 2.60. The maximum absolute atomic E-state index is 5.64. The smallest absolute Gasteiger partial charge is 0.0653 e. The molecule has 0 spiro atoms. The van der Waals surface area contributed by atoms with Crippen LogP contribution in [0.15, 0.2) is 89.9 Å². The van der Waals surface area contributed by atoms with Gasteiger partial charge in [0.2, 0.25) is 0 Å². The van der Waals surface area contributed by atoms with E-state index in [0.29, 0.717) is 17.5 Å². The van der Waals surface area contributed by atoms with Crippen LogP contribution in [0.2, 0.25) is 0 Å². The van der Waals surface area contributed by atoms with Gasteiger partial charge < -0.3 is 11.1 Å². The minimum absolute atomic E-state index is 0.0465. The lowest BCUT2D eigenvalue weighted by molar-refractivity contribution is 0.694. The molecule has 26 heavy (non-hydrogen) atoms. The molecule has 0 aromatic heterocycles. The van der Waals surface area contributed by atoms with Crippen molar-refractivity contribution in [2.45, 2.75) is 40.2 Å². The van der Waals surface area contributed by atoms with E-state index in [1.54, 1.807) is 12.3 Å². The Labute approximate surface area is 159 Å². The van der Waals surface area contributed by atoms with E-state index in [0.717, 1.165) is 23.4 Å². The zero-order valence-corrected chi connectivity index (χ0v) is 16.6. The van der Waals surface area contributed by atoms with Crippen LogP contribution in [0, 0.1) is 11.8 Å². The highest BCUT2D eigenvalue weighted by molar-refractivity contribution is 5.99. The summed E-state index contributed by atoms with van der Waals surface area (Å²) in [5.74, 6) is 1.02. The van der Waals surface area contributed by atoms with Crippen LogP contribution >= 0.6 is 0 Å². The molecule has 3 heteroatoms. The van der Waals surface area contributed by atoms with Gasteiger partial charge in [0.25, 0.3) is 0 Å². The molecule has 1 fully saturated rings. The highest BCUT2D eigenvalue weighted by Crippen LogP contribution is 2.47. The number of nitrogens with two attached hydrogens (primary N) is 1. The Morgan fingerprint density at radius 2 is 1.92 bits per heavy atom. The van der Waals surface area contributed by atoms with E-state index in [9.17, 15) is 0 Å². The number of rotatable bonds is 10. The monoisotopic (exact) mass is 351 g/mol. The molecule has 3 atom stereocenters. The Hall–Kier alpha value is -2.55. The Morgan fingerprint density at radius 1 is 1.23 bits per heavy atom. The summed E-state index contributed by atoms with van der Waals surface area (Å²) in [6.07, 6.45) is 14.8. The predicted octanol–water partition coefficient (Wildman–Crippen LogP) is 5.20. The lowest BCUT2D eigenvalue weighted by Crippen LogP contribution is -2.32. The van der Waals surface area contributed by atoms with Gasteiger partial charge in [0, 0.05) is 23.5 Å². The van der Waals surface area contributed by atoms with Crippen LogP contribution in [0.4, 0.5) is 0 Å². The number of nitrogens with zero attached hydrogens (tertiary/aromatic N) is 1. The van der Waals surface area contributed by atoms with Crippen LogP contribution in [0.1, 0.15) is 34.1 Å². The van der Waals surface area contributed by atoms with Crippen LogP contribution in [0.25, 0.3) is 0 Å². The molecular weight excluding hydrogens is 318 g/mol. The molecule has 0 aromatic carbocycles. The summed E-state index contributed by atoms with van der Waals surface area (Å²) in [6.45, 7) is 20.1. The van der Waals surface area contributed by atoms with Crippen molar-refractivity contribution in [3.05, 3.63) is 84.9 Å². The second kappa shape index (κ2) is 10.4. The summed E-state index contributed by atoms with van der Waals surface area (Å²) in [7, 11) is 0. The predicted molar refractivity (Wildman–Crippen MR) is 116 cm³/mol. The molecule has 1 aliphatic rings. The van der Waals surface area contributed by atoms with Gasteiger partial charge in [-0.25, -0.2) is 0 Å². The van der Waals surface area contributed by atoms with Gasteiger partial charge in [-0.15, -0.1) is 0 Å². The number of nitrogens with one attached hydrogen (secondary N) is 1. The minimum atomic E-state index is 0.0465. The van der Waals surface area contributed by atoms with E-state index in [2.05, 4.69) is 56.0 Å². The zero-order valence-electron chi connectivity index (χ0n) is 16.6. The highest BCUT2D eigenvalue weighted by atomic mass is 15.0. The molecule has 0 aliphatic heterocycles. The van der Waals surface area contributed by atoms with Gasteiger partial charge in [0.05, 0.1) is 11.8 Å². The van der Waals surface area contributed by atoms with Crippen molar-refractivity contribution in [2.24, 2.45) is 22.6 Å². The molecule has 0 aromatic rings. The quantitative estimate of drug-likeness (QED) is 0.420. The average molecular weight is 352 g/mol. The van der Waals surface area contributed by atoms with E-state index < -0.39 is 0 Å². The topological polar surface area (TPSA) is 50.4 Å². The van der Waals surface area contributed by atoms with Gasteiger partial charge in [-0.3, -0.25) is 4.99 Å². The molecule has 1 rings (SSSR count). The van der Waals surface area contributed by atoms with Crippen LogP contribution in [-0.2, 0) is 0 Å². The van der Waals surface area contributed by atoms with Gasteiger partial charge in [-0.2, -0.15) is 0 Å². The maximum Gasteiger partial charge on any atom is 0.0653 e. The van der Waals surface area contributed by atoms with Crippen LogP contribution in [0.5, 0.6) is 0 Å². The van der Waals surface area contributed by atoms with Crippen LogP contribution in [0.3, 0.4) is 0 Å². The number of hydrogen-bond donors (Lipinski definition) is 2. The molecule has 140 valence electrons. The first kappa shape index (κ1) is 21.5. The fraction of sp³-hybridized carbons (Fsp3) is 0.348. The number of allylic oxidation sites excluding steroid dienone is 9. The standard InChI is InChI=1S/C23H33N3/c1-8-11-16(3)12-10-13-17(4)21-14-22(21)19(6)26-20(7)23(9-2)25-15-18(5)24/h8-13,15,20-22,26H,2-3,6,14,24H2,1,4-5,7H3/b11-8-,12-10-,17-13+,18-15-,25-23?/t20-,21?,22?/m1/s1. The fourth-order valence-corrected chi connectivity index (χ4v) is 2.78. The van der Waals surface area contributed by atoms with Crippen molar-refractivity contribution in [2.75, 3.05) is 0 Å². The third kappa shape index (κ3) is 7.14. The summed E-state index contributed by atoms with van der Waals surface area (Å²) < 4.78 is 0. The Morgan fingerprint density at radius 3 is 2.50 bits per heavy atom. The highest BCUT2D eigenvalue weighted by Gasteiger charge is 2.40. The molecule has 1 aliphatic carbocycles. The van der Waals surface area contributed by atoms with E-state index in [-0.39, 0.29) is 6.04 Å². The number of aliphatic imine (C=N–C) groups is 1. The number of hydrogen-bond acceptors (Lipinski definition) is 3. The molecule has 0 radical (unpaired) electrons. The van der Waals surface area contributed by atoms with E-state index in [1.165, 1.54) is 5.57 Å². The second-order valence-corrected chi connectivity index (χ2v) is 6.82. The second-order valence-electron chi connectivity index (χ2n) is 6.82. The molecule has 0 heterocycles. The summed E-state index contributed by atoms with van der Waals surface area (Å²) in [5, 5.41) is 3.46. The molecule has 3 nitrogen and oxygen atoms in total. The Kier molecular flexibility index (Phi) is 8.63. The van der Waals surface area contributed by atoms with Crippen LogP contribution in [-0.4, -0.2) is 11.8 Å². The SMILES string of the molecule is C=CC(=N/C=C(/C)N)[C@@H](C)NC(=C)C1CC1/C(C)=C/C=C\C(=C)/C=C\C. The van der Waals surface area contributed by atoms with Crippen molar-refractivity contribution in [3.8, 4) is 0 Å². The molecule has 0 bridgehead atoms. The molecule has 0 saturated heterocycles. The van der Waals surface area contributed by atoms with Crippen molar-refractivity contribution in [3.63, 3.8) is 0 Å². The third-order valence-corrected chi connectivity index (χ3v) is 4.34.